The fourth-order valence-corrected chi connectivity index (χ4v) is 2.86. The number of likely N-dealkylation sites (tertiary alicyclic amines) is 1. The Morgan fingerprint density at radius 2 is 1.95 bits per heavy atom. The van der Waals surface area contributed by atoms with Crippen LogP contribution in [0.2, 0.25) is 0 Å². The third kappa shape index (κ3) is 4.85. The van der Waals surface area contributed by atoms with Crippen LogP contribution in [0.3, 0.4) is 0 Å². The quantitative estimate of drug-likeness (QED) is 0.869. The Morgan fingerprint density at radius 3 is 2.67 bits per heavy atom. The predicted octanol–water partition coefficient (Wildman–Crippen LogP) is 3.44. The first-order chi connectivity index (χ1) is 10.2. The molecule has 0 aliphatic carbocycles. The molecule has 1 aliphatic rings. The van der Waals surface area contributed by atoms with E-state index in [-0.39, 0.29) is 6.04 Å². The number of carbonyl (C=O) groups is 1. The van der Waals surface area contributed by atoms with Gasteiger partial charge in [-0.25, -0.2) is 0 Å². The van der Waals surface area contributed by atoms with Crippen molar-refractivity contribution >= 4 is 5.91 Å². The second-order valence-electron chi connectivity index (χ2n) is 6.07. The zero-order valence-corrected chi connectivity index (χ0v) is 13.4. The number of rotatable bonds is 6. The highest BCUT2D eigenvalue weighted by Crippen LogP contribution is 2.19. The number of nitrogens with zero attached hydrogens (tertiary/aromatic N) is 1. The van der Waals surface area contributed by atoms with Gasteiger partial charge in [0, 0.05) is 25.6 Å². The average molecular weight is 288 g/mol. The molecule has 3 nitrogen and oxygen atoms in total. The molecule has 0 bridgehead atoms. The van der Waals surface area contributed by atoms with Crippen LogP contribution in [0.25, 0.3) is 0 Å². The van der Waals surface area contributed by atoms with Gasteiger partial charge >= 0.3 is 0 Å². The lowest BCUT2D eigenvalue weighted by atomic mass is 10.0. The largest absolute Gasteiger partial charge is 0.341 e. The van der Waals surface area contributed by atoms with Gasteiger partial charge in [-0.1, -0.05) is 43.2 Å². The molecule has 0 radical (unpaired) electrons. The van der Waals surface area contributed by atoms with E-state index in [0.717, 1.165) is 38.9 Å². The first kappa shape index (κ1) is 16.0. The normalized spacial score (nSPS) is 17.6. The molecule has 1 unspecified atom stereocenters. The monoisotopic (exact) mass is 288 g/mol. The van der Waals surface area contributed by atoms with Crippen LogP contribution in [0.1, 0.15) is 56.2 Å². The van der Waals surface area contributed by atoms with Crippen LogP contribution in [-0.4, -0.2) is 30.4 Å². The third-order valence-corrected chi connectivity index (χ3v) is 4.19. The number of carbonyl (C=O) groups excluding carboxylic acids is 1. The smallest absolute Gasteiger partial charge is 0.222 e. The third-order valence-electron chi connectivity index (χ3n) is 4.19. The Bertz CT molecular complexity index is 441. The van der Waals surface area contributed by atoms with E-state index in [0.29, 0.717) is 12.3 Å². The maximum absolute atomic E-state index is 12.2. The van der Waals surface area contributed by atoms with Crippen molar-refractivity contribution < 1.29 is 4.79 Å². The van der Waals surface area contributed by atoms with E-state index in [1.54, 1.807) is 0 Å². The van der Waals surface area contributed by atoms with Crippen LogP contribution < -0.4 is 5.32 Å². The van der Waals surface area contributed by atoms with E-state index >= 15 is 0 Å². The zero-order chi connectivity index (χ0) is 15.1. The van der Waals surface area contributed by atoms with Gasteiger partial charge in [0.2, 0.25) is 5.91 Å². The van der Waals surface area contributed by atoms with Crippen LogP contribution in [0.15, 0.2) is 24.3 Å². The number of nitrogens with one attached hydrogen (secondary N) is 1. The van der Waals surface area contributed by atoms with Crippen LogP contribution in [-0.2, 0) is 4.79 Å². The molecule has 1 aromatic carbocycles. The molecule has 1 N–H and O–H groups in total. The molecule has 1 atom stereocenters. The summed E-state index contributed by atoms with van der Waals surface area (Å²) in [5.41, 5.74) is 2.56. The van der Waals surface area contributed by atoms with Gasteiger partial charge in [-0.15, -0.1) is 0 Å². The van der Waals surface area contributed by atoms with Gasteiger partial charge in [-0.3, -0.25) is 4.79 Å². The van der Waals surface area contributed by atoms with Crippen LogP contribution in [0.4, 0.5) is 0 Å². The molecule has 0 aromatic heterocycles. The minimum atomic E-state index is 0.243. The van der Waals surface area contributed by atoms with Crippen LogP contribution in [0, 0.1) is 6.92 Å². The average Bonchev–Trinajstić information content (AvgIpc) is 2.69. The highest BCUT2D eigenvalue weighted by Gasteiger charge is 2.21. The van der Waals surface area contributed by atoms with Crippen molar-refractivity contribution in [1.29, 1.82) is 0 Å². The Hall–Kier alpha value is -1.35. The Kier molecular flexibility index (Phi) is 6.24. The summed E-state index contributed by atoms with van der Waals surface area (Å²) in [5.74, 6) is 0.322. The van der Waals surface area contributed by atoms with Gasteiger partial charge in [-0.05, 0) is 38.3 Å². The SMILES string of the molecule is CCCNC(CN1CCCCCC1=O)c1ccc(C)cc1. The minimum Gasteiger partial charge on any atom is -0.341 e. The van der Waals surface area contributed by atoms with Crippen molar-refractivity contribution in [2.24, 2.45) is 0 Å². The van der Waals surface area contributed by atoms with E-state index in [1.165, 1.54) is 17.5 Å². The summed E-state index contributed by atoms with van der Waals surface area (Å²) in [6, 6.07) is 8.92. The number of hydrogen-bond donors (Lipinski definition) is 1. The fourth-order valence-electron chi connectivity index (χ4n) is 2.86. The minimum absolute atomic E-state index is 0.243. The molecule has 3 heteroatoms. The number of benzene rings is 1. The van der Waals surface area contributed by atoms with Crippen molar-refractivity contribution in [3.63, 3.8) is 0 Å². The van der Waals surface area contributed by atoms with Gasteiger partial charge in [0.15, 0.2) is 0 Å². The van der Waals surface area contributed by atoms with Gasteiger partial charge < -0.3 is 10.2 Å². The molecule has 1 aromatic rings. The Balaban J connectivity index is 2.07. The maximum atomic E-state index is 12.2. The summed E-state index contributed by atoms with van der Waals surface area (Å²) in [5, 5.41) is 3.60. The maximum Gasteiger partial charge on any atom is 0.222 e. The zero-order valence-electron chi connectivity index (χ0n) is 13.4. The van der Waals surface area contributed by atoms with Crippen LogP contribution in [0.5, 0.6) is 0 Å². The molecule has 1 aliphatic heterocycles. The predicted molar refractivity (Wildman–Crippen MR) is 87.3 cm³/mol. The van der Waals surface area contributed by atoms with Crippen molar-refractivity contribution in [3.8, 4) is 0 Å². The van der Waals surface area contributed by atoms with Crippen molar-refractivity contribution in [2.45, 2.75) is 52.0 Å². The molecular weight excluding hydrogens is 260 g/mol. The van der Waals surface area contributed by atoms with E-state index in [1.807, 2.05) is 0 Å². The molecule has 1 fully saturated rings. The fraction of sp³-hybridized carbons (Fsp3) is 0.611. The highest BCUT2D eigenvalue weighted by molar-refractivity contribution is 5.76. The molecule has 21 heavy (non-hydrogen) atoms. The molecule has 0 spiro atoms. The van der Waals surface area contributed by atoms with E-state index in [9.17, 15) is 4.79 Å². The number of amides is 1. The Labute approximate surface area is 128 Å². The molecule has 116 valence electrons. The summed E-state index contributed by atoms with van der Waals surface area (Å²) in [6.07, 6.45) is 5.19. The first-order valence-corrected chi connectivity index (χ1v) is 8.28. The lowest BCUT2D eigenvalue weighted by molar-refractivity contribution is -0.131. The first-order valence-electron chi connectivity index (χ1n) is 8.28. The highest BCUT2D eigenvalue weighted by atomic mass is 16.2. The molecule has 1 heterocycles. The number of aryl methyl sites for hydroxylation is 1. The van der Waals surface area contributed by atoms with Crippen molar-refractivity contribution in [1.82, 2.24) is 10.2 Å². The van der Waals surface area contributed by atoms with Gasteiger partial charge in [-0.2, -0.15) is 0 Å². The lowest BCUT2D eigenvalue weighted by Crippen LogP contribution is -2.39. The van der Waals surface area contributed by atoms with E-state index in [4.69, 9.17) is 0 Å². The topological polar surface area (TPSA) is 32.3 Å². The second kappa shape index (κ2) is 8.18. The molecular formula is C18H28N2O. The van der Waals surface area contributed by atoms with Crippen molar-refractivity contribution in [3.05, 3.63) is 35.4 Å². The summed E-state index contributed by atoms with van der Waals surface area (Å²) < 4.78 is 0. The molecule has 1 amide bonds. The standard InChI is InChI=1S/C18H28N2O/c1-3-12-19-17(16-10-8-15(2)9-11-16)14-20-13-6-4-5-7-18(20)21/h8-11,17,19H,3-7,12-14H2,1-2H3. The number of hydrogen-bond acceptors (Lipinski definition) is 2. The van der Waals surface area contributed by atoms with Gasteiger partial charge in [0.05, 0.1) is 0 Å². The lowest BCUT2D eigenvalue weighted by Gasteiger charge is -2.28. The molecule has 2 rings (SSSR count). The summed E-state index contributed by atoms with van der Waals surface area (Å²) >= 11 is 0. The van der Waals surface area contributed by atoms with E-state index < -0.39 is 0 Å². The Morgan fingerprint density at radius 1 is 1.19 bits per heavy atom. The molecule has 1 saturated heterocycles. The summed E-state index contributed by atoms with van der Waals surface area (Å²) in [7, 11) is 0. The second-order valence-corrected chi connectivity index (χ2v) is 6.07. The summed E-state index contributed by atoms with van der Waals surface area (Å²) in [6.45, 7) is 6.98. The summed E-state index contributed by atoms with van der Waals surface area (Å²) in [4.78, 5) is 14.3. The van der Waals surface area contributed by atoms with Gasteiger partial charge in [0.25, 0.3) is 0 Å². The molecule has 0 saturated carbocycles. The van der Waals surface area contributed by atoms with Crippen molar-refractivity contribution in [2.75, 3.05) is 19.6 Å². The van der Waals surface area contributed by atoms with E-state index in [2.05, 4.69) is 48.3 Å². The van der Waals surface area contributed by atoms with Gasteiger partial charge in [0.1, 0.15) is 0 Å². The van der Waals surface area contributed by atoms with Crippen LogP contribution >= 0.6 is 0 Å².